The van der Waals surface area contributed by atoms with E-state index in [9.17, 15) is 13.6 Å². The van der Waals surface area contributed by atoms with Crippen molar-refractivity contribution in [2.45, 2.75) is 32.1 Å². The van der Waals surface area contributed by atoms with Crippen molar-refractivity contribution in [1.82, 2.24) is 9.97 Å². The third kappa shape index (κ3) is 3.05. The smallest absolute Gasteiger partial charge is 0.280 e. The van der Waals surface area contributed by atoms with Crippen LogP contribution in [0.25, 0.3) is 11.3 Å². The van der Waals surface area contributed by atoms with Gasteiger partial charge < -0.3 is 4.98 Å². The van der Waals surface area contributed by atoms with Crippen molar-refractivity contribution in [3.05, 3.63) is 76.7 Å². The molecular formula is C21H18F2N2O. The van der Waals surface area contributed by atoms with E-state index in [0.29, 0.717) is 18.4 Å². The minimum absolute atomic E-state index is 0.128. The molecule has 0 bridgehead atoms. The van der Waals surface area contributed by atoms with Crippen LogP contribution < -0.4 is 0 Å². The molecule has 0 amide bonds. The molecule has 0 radical (unpaired) electrons. The third-order valence-corrected chi connectivity index (χ3v) is 4.81. The number of hydrogen-bond acceptors (Lipinski definition) is 2. The molecule has 26 heavy (non-hydrogen) atoms. The molecule has 0 spiro atoms. The number of hydrogen-bond donors (Lipinski definition) is 1. The summed E-state index contributed by atoms with van der Waals surface area (Å²) in [4.78, 5) is 19.6. The zero-order valence-corrected chi connectivity index (χ0v) is 14.1. The Morgan fingerprint density at radius 3 is 2.69 bits per heavy atom. The van der Waals surface area contributed by atoms with Crippen LogP contribution in [0.4, 0.5) is 8.78 Å². The lowest BCUT2D eigenvalue weighted by atomic mass is 9.89. The number of alkyl halides is 2. The number of Topliss-reactive ketones (excluding diaryl/α,β-unsaturated/α-hetero) is 1. The van der Waals surface area contributed by atoms with Crippen LogP contribution in [-0.4, -0.2) is 15.8 Å². The zero-order chi connectivity index (χ0) is 18.1. The molecule has 1 aromatic carbocycles. The third-order valence-electron chi connectivity index (χ3n) is 4.81. The average Bonchev–Trinajstić information content (AvgIpc) is 3.02. The summed E-state index contributed by atoms with van der Waals surface area (Å²) in [5.74, 6) is 0.128. The van der Waals surface area contributed by atoms with Gasteiger partial charge in [0.2, 0.25) is 0 Å². The molecule has 2 heterocycles. The molecule has 1 N–H and O–H groups in total. The SMILES string of the molecule is O=C1CCCc2[nH]c(-c3ccnc(C(F)F)c3)c(Cc3ccccc3)c21. The number of carbonyl (C=O) groups is 1. The van der Waals surface area contributed by atoms with Crippen LogP contribution in [0.2, 0.25) is 0 Å². The highest BCUT2D eigenvalue weighted by atomic mass is 19.3. The van der Waals surface area contributed by atoms with Gasteiger partial charge in [0, 0.05) is 35.9 Å². The monoisotopic (exact) mass is 352 g/mol. The van der Waals surface area contributed by atoms with Gasteiger partial charge in [-0.15, -0.1) is 0 Å². The Morgan fingerprint density at radius 2 is 1.92 bits per heavy atom. The number of benzene rings is 1. The van der Waals surface area contributed by atoms with Crippen LogP contribution in [-0.2, 0) is 12.8 Å². The maximum atomic E-state index is 13.1. The molecule has 0 fully saturated rings. The molecule has 0 atom stereocenters. The van der Waals surface area contributed by atoms with Gasteiger partial charge in [0.25, 0.3) is 6.43 Å². The van der Waals surface area contributed by atoms with Gasteiger partial charge >= 0.3 is 0 Å². The molecule has 0 aliphatic heterocycles. The maximum absolute atomic E-state index is 13.1. The fourth-order valence-electron chi connectivity index (χ4n) is 3.62. The largest absolute Gasteiger partial charge is 0.358 e. The Hall–Kier alpha value is -2.82. The van der Waals surface area contributed by atoms with Gasteiger partial charge in [0.15, 0.2) is 5.78 Å². The summed E-state index contributed by atoms with van der Waals surface area (Å²) in [6, 6.07) is 13.0. The lowest BCUT2D eigenvalue weighted by molar-refractivity contribution is 0.0971. The molecule has 0 saturated heterocycles. The Morgan fingerprint density at radius 1 is 1.12 bits per heavy atom. The van der Waals surface area contributed by atoms with E-state index in [4.69, 9.17) is 0 Å². The predicted octanol–water partition coefficient (Wildman–Crippen LogP) is 5.12. The van der Waals surface area contributed by atoms with Gasteiger partial charge in [-0.1, -0.05) is 30.3 Å². The number of H-pyrrole nitrogens is 1. The number of fused-ring (bicyclic) bond motifs is 1. The number of nitrogens with one attached hydrogen (secondary N) is 1. The number of aromatic amines is 1. The van der Waals surface area contributed by atoms with Gasteiger partial charge in [-0.2, -0.15) is 0 Å². The normalized spacial score (nSPS) is 13.9. The number of aryl methyl sites for hydroxylation is 1. The summed E-state index contributed by atoms with van der Waals surface area (Å²) in [7, 11) is 0. The molecule has 1 aliphatic rings. The van der Waals surface area contributed by atoms with Crippen LogP contribution in [0.3, 0.4) is 0 Å². The second kappa shape index (κ2) is 6.83. The summed E-state index contributed by atoms with van der Waals surface area (Å²) in [6.45, 7) is 0. The zero-order valence-electron chi connectivity index (χ0n) is 14.1. The van der Waals surface area contributed by atoms with Crippen LogP contribution >= 0.6 is 0 Å². The summed E-state index contributed by atoms with van der Waals surface area (Å²) < 4.78 is 26.1. The summed E-state index contributed by atoms with van der Waals surface area (Å²) in [5, 5.41) is 0. The van der Waals surface area contributed by atoms with Crippen molar-refractivity contribution in [3.63, 3.8) is 0 Å². The molecule has 5 heteroatoms. The second-order valence-electron chi connectivity index (χ2n) is 6.54. The minimum Gasteiger partial charge on any atom is -0.358 e. The quantitative estimate of drug-likeness (QED) is 0.708. The Labute approximate surface area is 150 Å². The number of rotatable bonds is 4. The van der Waals surface area contributed by atoms with E-state index >= 15 is 0 Å². The van der Waals surface area contributed by atoms with Gasteiger partial charge in [-0.05, 0) is 36.1 Å². The van der Waals surface area contributed by atoms with Crippen molar-refractivity contribution in [3.8, 4) is 11.3 Å². The van der Waals surface area contributed by atoms with E-state index in [2.05, 4.69) is 9.97 Å². The summed E-state index contributed by atoms with van der Waals surface area (Å²) >= 11 is 0. The number of ketones is 1. The van der Waals surface area contributed by atoms with E-state index in [1.807, 2.05) is 30.3 Å². The van der Waals surface area contributed by atoms with Crippen molar-refractivity contribution < 1.29 is 13.6 Å². The Balaban J connectivity index is 1.86. The molecule has 4 rings (SSSR count). The van der Waals surface area contributed by atoms with E-state index < -0.39 is 6.43 Å². The second-order valence-corrected chi connectivity index (χ2v) is 6.54. The van der Waals surface area contributed by atoms with Crippen LogP contribution in [0, 0.1) is 0 Å². The molecule has 3 aromatic rings. The standard InChI is InChI=1S/C21H18F2N2O/c22-21(23)17-12-14(9-10-24-17)20-15(11-13-5-2-1-3-6-13)19-16(25-20)7-4-8-18(19)26/h1-3,5-6,9-10,12,21,25H,4,7-8,11H2. The molecule has 0 saturated carbocycles. The molecule has 0 unspecified atom stereocenters. The highest BCUT2D eigenvalue weighted by Gasteiger charge is 2.27. The molecule has 132 valence electrons. The van der Waals surface area contributed by atoms with Crippen molar-refractivity contribution >= 4 is 5.78 Å². The first-order valence-corrected chi connectivity index (χ1v) is 8.69. The summed E-state index contributed by atoms with van der Waals surface area (Å²) in [5.41, 5.74) is 4.76. The van der Waals surface area contributed by atoms with Crippen molar-refractivity contribution in [1.29, 1.82) is 0 Å². The van der Waals surface area contributed by atoms with Gasteiger partial charge in [0.05, 0.1) is 5.69 Å². The first kappa shape index (κ1) is 16.6. The van der Waals surface area contributed by atoms with E-state index in [0.717, 1.165) is 40.9 Å². The highest BCUT2D eigenvalue weighted by Crippen LogP contribution is 2.35. The Bertz CT molecular complexity index is 948. The Kier molecular flexibility index (Phi) is 4.37. The van der Waals surface area contributed by atoms with Crippen LogP contribution in [0.15, 0.2) is 48.7 Å². The first-order valence-electron chi connectivity index (χ1n) is 8.69. The van der Waals surface area contributed by atoms with Gasteiger partial charge in [-0.25, -0.2) is 8.78 Å². The van der Waals surface area contributed by atoms with Gasteiger partial charge in [0.1, 0.15) is 5.69 Å². The van der Waals surface area contributed by atoms with Crippen molar-refractivity contribution in [2.24, 2.45) is 0 Å². The maximum Gasteiger partial charge on any atom is 0.280 e. The number of nitrogens with zero attached hydrogens (tertiary/aromatic N) is 1. The predicted molar refractivity (Wildman–Crippen MR) is 95.5 cm³/mol. The topological polar surface area (TPSA) is 45.8 Å². The molecular weight excluding hydrogens is 334 g/mol. The number of aromatic nitrogens is 2. The lowest BCUT2D eigenvalue weighted by Crippen LogP contribution is -2.11. The molecule has 2 aromatic heterocycles. The fraction of sp³-hybridized carbons (Fsp3) is 0.238. The minimum atomic E-state index is -2.63. The van der Waals surface area contributed by atoms with Crippen molar-refractivity contribution in [2.75, 3.05) is 0 Å². The first-order chi connectivity index (χ1) is 12.6. The molecule has 3 nitrogen and oxygen atoms in total. The number of halogens is 2. The number of carbonyl (C=O) groups excluding carboxylic acids is 1. The van der Waals surface area contributed by atoms with Crippen LogP contribution in [0.1, 0.15) is 52.1 Å². The van der Waals surface area contributed by atoms with E-state index in [1.54, 1.807) is 6.07 Å². The van der Waals surface area contributed by atoms with E-state index in [1.165, 1.54) is 12.3 Å². The van der Waals surface area contributed by atoms with E-state index in [-0.39, 0.29) is 11.5 Å². The fourth-order valence-corrected chi connectivity index (χ4v) is 3.62. The van der Waals surface area contributed by atoms with Gasteiger partial charge in [-0.3, -0.25) is 9.78 Å². The summed E-state index contributed by atoms with van der Waals surface area (Å²) in [6.07, 6.45) is 1.50. The average molecular weight is 352 g/mol. The lowest BCUT2D eigenvalue weighted by Gasteiger charge is -2.12. The van der Waals surface area contributed by atoms with Crippen LogP contribution in [0.5, 0.6) is 0 Å². The number of pyridine rings is 1. The highest BCUT2D eigenvalue weighted by molar-refractivity contribution is 6.01. The molecule has 1 aliphatic carbocycles.